The van der Waals surface area contributed by atoms with Crippen molar-refractivity contribution in [2.75, 3.05) is 13.2 Å². The molecule has 4 amide bonds. The molecule has 1 saturated heterocycles. The second-order valence-electron chi connectivity index (χ2n) is 9.35. The zero-order chi connectivity index (χ0) is 32.6. The molecule has 1 fully saturated rings. The molecule has 15 nitrogen and oxygen atoms in total. The first-order chi connectivity index (χ1) is 19.2. The van der Waals surface area contributed by atoms with Crippen LogP contribution in [0.3, 0.4) is 0 Å². The van der Waals surface area contributed by atoms with E-state index in [4.69, 9.17) is 14.6 Å². The maximum absolute atomic E-state index is 13.2. The number of alkyl halides is 5. The number of ether oxygens (including phenoxy) is 2. The number of hydrogen-bond donors (Lipinski definition) is 8. The van der Waals surface area contributed by atoms with Crippen LogP contribution in [0.2, 0.25) is 0 Å². The van der Waals surface area contributed by atoms with Crippen molar-refractivity contribution in [3.8, 4) is 0 Å². The Labute approximate surface area is 235 Å². The fourth-order valence-electron chi connectivity index (χ4n) is 3.58. The number of hydrogen-bond acceptors (Lipinski definition) is 10. The Hall–Kier alpha value is -3.20. The number of nitrogens with one attached hydrogen (secondary N) is 4. The minimum Gasteiger partial charge on any atom is -0.481 e. The van der Waals surface area contributed by atoms with Gasteiger partial charge < -0.3 is 51.2 Å². The van der Waals surface area contributed by atoms with Gasteiger partial charge in [-0.1, -0.05) is 0 Å². The lowest BCUT2D eigenvalue weighted by Crippen LogP contribution is -2.65. The second kappa shape index (κ2) is 15.3. The maximum atomic E-state index is 13.2. The van der Waals surface area contributed by atoms with Crippen molar-refractivity contribution in [2.24, 2.45) is 0 Å². The lowest BCUT2D eigenvalue weighted by atomic mass is 9.96. The van der Waals surface area contributed by atoms with E-state index >= 15 is 0 Å². The summed E-state index contributed by atoms with van der Waals surface area (Å²) in [6, 6.07) is -4.78. The first-order valence-corrected chi connectivity index (χ1v) is 12.3. The lowest BCUT2D eigenvalue weighted by molar-refractivity contribution is -0.278. The zero-order valence-corrected chi connectivity index (χ0v) is 22.5. The third-order valence-electron chi connectivity index (χ3n) is 5.90. The quantitative estimate of drug-likeness (QED) is 0.0942. The van der Waals surface area contributed by atoms with Gasteiger partial charge in [0, 0.05) is 13.3 Å². The molecule has 0 spiro atoms. The highest BCUT2D eigenvalue weighted by atomic mass is 19.4. The summed E-state index contributed by atoms with van der Waals surface area (Å²) in [5.74, 6) is -11.2. The molecule has 1 aliphatic rings. The molecule has 1 rings (SSSR count). The average Bonchev–Trinajstić information content (AvgIpc) is 2.87. The van der Waals surface area contributed by atoms with Crippen molar-refractivity contribution >= 4 is 29.6 Å². The molecule has 0 radical (unpaired) electrons. The van der Waals surface area contributed by atoms with E-state index in [-0.39, 0.29) is 0 Å². The maximum Gasteiger partial charge on any atom is 0.455 e. The summed E-state index contributed by atoms with van der Waals surface area (Å²) in [7, 11) is 0. The Morgan fingerprint density at radius 1 is 0.976 bits per heavy atom. The topological polar surface area (TPSA) is 233 Å². The molecule has 8 atom stereocenters. The van der Waals surface area contributed by atoms with Crippen molar-refractivity contribution in [3.05, 3.63) is 0 Å². The molecule has 20 heteroatoms. The molecule has 0 aromatic rings. The Morgan fingerprint density at radius 2 is 1.57 bits per heavy atom. The highest BCUT2D eigenvalue weighted by Crippen LogP contribution is 2.34. The summed E-state index contributed by atoms with van der Waals surface area (Å²) in [5.41, 5.74) is 0. The first-order valence-electron chi connectivity index (χ1n) is 12.3. The summed E-state index contributed by atoms with van der Waals surface area (Å²) >= 11 is 0. The Bertz CT molecular complexity index is 987. The van der Waals surface area contributed by atoms with Crippen LogP contribution in [0.1, 0.15) is 33.6 Å². The van der Waals surface area contributed by atoms with Crippen molar-refractivity contribution in [3.63, 3.8) is 0 Å². The smallest absolute Gasteiger partial charge is 0.455 e. The van der Waals surface area contributed by atoms with Crippen LogP contribution in [0, 0.1) is 0 Å². The van der Waals surface area contributed by atoms with Crippen LogP contribution in [0.4, 0.5) is 22.0 Å². The first kappa shape index (κ1) is 36.8. The summed E-state index contributed by atoms with van der Waals surface area (Å²) in [6.45, 7) is 0.360. The fraction of sp³-hybridized carbons (Fsp3) is 0.773. The van der Waals surface area contributed by atoms with Gasteiger partial charge in [-0.15, -0.1) is 0 Å². The van der Waals surface area contributed by atoms with E-state index in [1.165, 1.54) is 5.32 Å². The van der Waals surface area contributed by atoms with Crippen LogP contribution in [0.25, 0.3) is 0 Å². The molecule has 0 aromatic carbocycles. The summed E-state index contributed by atoms with van der Waals surface area (Å²) in [4.78, 5) is 59.9. The fourth-order valence-corrected chi connectivity index (χ4v) is 3.58. The van der Waals surface area contributed by atoms with E-state index in [2.05, 4.69) is 10.6 Å². The molecular weight excluding hydrogens is 591 g/mol. The van der Waals surface area contributed by atoms with Gasteiger partial charge in [0.2, 0.25) is 23.6 Å². The van der Waals surface area contributed by atoms with E-state index in [0.717, 1.165) is 20.8 Å². The number of carbonyl (C=O) groups is 5. The predicted octanol–water partition coefficient (Wildman–Crippen LogP) is -2.50. The standard InChI is InChI=1S/C22H33F5N4O11/c1-8(17(37)31-11(4-5-13(34)35)19(39)28-7-21(23,24)22(25,26)27)29-18(38)9(2)41-16-14(30-10(3)33)20(40)42-12(6-32)15(16)36/h8-9,11-12,14-16,20,32,36,40H,4-7H2,1-3H3,(H,28,39)(H,29,38)(H,30,33)(H,31,37)(H,34,35)/t8-,9+,11+,12+,14+,15+,16+,20+/m0/s1. The van der Waals surface area contributed by atoms with E-state index in [0.29, 0.717) is 0 Å². The molecule has 0 unspecified atom stereocenters. The van der Waals surface area contributed by atoms with Crippen LogP contribution in [0.15, 0.2) is 0 Å². The largest absolute Gasteiger partial charge is 0.481 e. The highest BCUT2D eigenvalue weighted by Gasteiger charge is 2.57. The molecule has 0 aliphatic carbocycles. The molecule has 0 aromatic heterocycles. The van der Waals surface area contributed by atoms with Crippen LogP contribution in [0.5, 0.6) is 0 Å². The van der Waals surface area contributed by atoms with Crippen molar-refractivity contribution in [2.45, 2.75) is 94.5 Å². The number of carboxylic acids is 1. The van der Waals surface area contributed by atoms with Gasteiger partial charge in [0.15, 0.2) is 6.29 Å². The van der Waals surface area contributed by atoms with Gasteiger partial charge in [-0.2, -0.15) is 22.0 Å². The van der Waals surface area contributed by atoms with Gasteiger partial charge in [-0.25, -0.2) is 0 Å². The average molecular weight is 625 g/mol. The summed E-state index contributed by atoms with van der Waals surface area (Å²) < 4.78 is 74.0. The summed E-state index contributed by atoms with van der Waals surface area (Å²) in [5, 5.41) is 46.5. The third kappa shape index (κ3) is 10.6. The van der Waals surface area contributed by atoms with Gasteiger partial charge in [0.25, 0.3) is 0 Å². The van der Waals surface area contributed by atoms with E-state index in [1.807, 2.05) is 5.32 Å². The van der Waals surface area contributed by atoms with Crippen LogP contribution in [-0.4, -0.2) is 124 Å². The second-order valence-corrected chi connectivity index (χ2v) is 9.35. The van der Waals surface area contributed by atoms with Gasteiger partial charge >= 0.3 is 18.1 Å². The molecule has 1 heterocycles. The number of halogens is 5. The van der Waals surface area contributed by atoms with Crippen LogP contribution in [-0.2, 0) is 33.4 Å². The minimum absolute atomic E-state index is 0.670. The van der Waals surface area contributed by atoms with Crippen molar-refractivity contribution < 1.29 is 75.8 Å². The third-order valence-corrected chi connectivity index (χ3v) is 5.90. The monoisotopic (exact) mass is 624 g/mol. The highest BCUT2D eigenvalue weighted by molar-refractivity contribution is 5.92. The normalized spacial score (nSPS) is 25.0. The molecule has 0 bridgehead atoms. The lowest BCUT2D eigenvalue weighted by Gasteiger charge is -2.43. The number of aliphatic carboxylic acids is 1. The minimum atomic E-state index is -5.99. The molecular formula is C22H33F5N4O11. The zero-order valence-electron chi connectivity index (χ0n) is 22.5. The van der Waals surface area contributed by atoms with Gasteiger partial charge in [0.1, 0.15) is 42.5 Å². The Morgan fingerprint density at radius 3 is 2.07 bits per heavy atom. The van der Waals surface area contributed by atoms with Crippen molar-refractivity contribution in [1.82, 2.24) is 21.3 Å². The molecule has 242 valence electrons. The number of aliphatic hydroxyl groups excluding tert-OH is 3. The van der Waals surface area contributed by atoms with Crippen LogP contribution < -0.4 is 21.3 Å². The van der Waals surface area contributed by atoms with Crippen molar-refractivity contribution in [1.29, 1.82) is 0 Å². The molecule has 42 heavy (non-hydrogen) atoms. The molecule has 8 N–H and O–H groups in total. The summed E-state index contributed by atoms with van der Waals surface area (Å²) in [6.07, 6.45) is -15.3. The van der Waals surface area contributed by atoms with Gasteiger partial charge in [-0.3, -0.25) is 24.0 Å². The number of amides is 4. The van der Waals surface area contributed by atoms with Crippen LogP contribution >= 0.6 is 0 Å². The SMILES string of the molecule is CC(=O)N[C@@H]1[C@@H](O[C@H](C)C(=O)N[C@@H](C)C(=O)N[C@H](CCC(=O)O)C(=O)NCC(F)(F)C(F)(F)F)[C@H](O)[C@@H](CO)O[C@H]1O. The Balaban J connectivity index is 2.91. The van der Waals surface area contributed by atoms with Gasteiger partial charge in [0.05, 0.1) is 13.2 Å². The van der Waals surface area contributed by atoms with E-state index in [1.54, 1.807) is 0 Å². The van der Waals surface area contributed by atoms with E-state index in [9.17, 15) is 61.2 Å². The Kier molecular flexibility index (Phi) is 13.4. The predicted molar refractivity (Wildman–Crippen MR) is 126 cm³/mol. The number of carboxylic acid groups (broad SMARTS) is 1. The molecule has 0 saturated carbocycles. The molecule has 1 aliphatic heterocycles. The number of rotatable bonds is 14. The van der Waals surface area contributed by atoms with Gasteiger partial charge in [-0.05, 0) is 20.3 Å². The van der Waals surface area contributed by atoms with E-state index < -0.39 is 117 Å². The number of aliphatic hydroxyl groups is 3. The number of carbonyl (C=O) groups excluding carboxylic acids is 4.